The van der Waals surface area contributed by atoms with Crippen LogP contribution in [0.5, 0.6) is 0 Å². The molecule has 0 aliphatic carbocycles. The molecule has 0 spiro atoms. The zero-order chi connectivity index (χ0) is 16.6. The summed E-state index contributed by atoms with van der Waals surface area (Å²) in [5, 5.41) is 15.4. The number of rotatable bonds is 3. The van der Waals surface area contributed by atoms with Crippen LogP contribution in [0.15, 0.2) is 51.9 Å². The highest BCUT2D eigenvalue weighted by Crippen LogP contribution is 2.22. The van der Waals surface area contributed by atoms with Gasteiger partial charge < -0.3 is 0 Å². The lowest BCUT2D eigenvalue weighted by Crippen LogP contribution is -2.23. The van der Waals surface area contributed by atoms with Crippen molar-refractivity contribution >= 4 is 32.4 Å². The van der Waals surface area contributed by atoms with Crippen LogP contribution in [0.2, 0.25) is 0 Å². The minimum absolute atomic E-state index is 0.135. The van der Waals surface area contributed by atoms with Crippen molar-refractivity contribution in [3.8, 4) is 0 Å². The van der Waals surface area contributed by atoms with E-state index < -0.39 is 16.3 Å². The Morgan fingerprint density at radius 1 is 1.26 bits per heavy atom. The number of hydrogen-bond acceptors (Lipinski definition) is 4. The molecular formula is C15H9BrFN3O3. The first-order valence-electron chi connectivity index (χ1n) is 6.54. The minimum atomic E-state index is -0.551. The van der Waals surface area contributed by atoms with Gasteiger partial charge >= 0.3 is 0 Å². The first-order valence-corrected chi connectivity index (χ1v) is 7.34. The predicted molar refractivity (Wildman–Crippen MR) is 85.9 cm³/mol. The van der Waals surface area contributed by atoms with Crippen LogP contribution >= 0.6 is 15.9 Å². The molecular weight excluding hydrogens is 369 g/mol. The maximum atomic E-state index is 13.3. The molecule has 0 atom stereocenters. The topological polar surface area (TPSA) is 78.0 Å². The Morgan fingerprint density at radius 2 is 2.04 bits per heavy atom. The first-order chi connectivity index (χ1) is 11.0. The maximum Gasteiger partial charge on any atom is 0.279 e. The normalized spacial score (nSPS) is 10.9. The molecule has 0 saturated heterocycles. The second-order valence-corrected chi connectivity index (χ2v) is 5.71. The van der Waals surface area contributed by atoms with Crippen LogP contribution in [-0.2, 0) is 6.54 Å². The number of nitrogens with zero attached hydrogens (tertiary/aromatic N) is 3. The Balaban J connectivity index is 2.09. The number of nitro benzene ring substituents is 1. The Bertz CT molecular complexity index is 987. The highest BCUT2D eigenvalue weighted by Gasteiger charge is 2.15. The molecule has 0 bridgehead atoms. The molecule has 1 aromatic heterocycles. The molecule has 3 rings (SSSR count). The van der Waals surface area contributed by atoms with Crippen molar-refractivity contribution < 1.29 is 9.31 Å². The van der Waals surface area contributed by atoms with Crippen LogP contribution < -0.4 is 5.56 Å². The second kappa shape index (κ2) is 5.88. The maximum absolute atomic E-state index is 13.3. The van der Waals surface area contributed by atoms with E-state index >= 15 is 0 Å². The number of benzene rings is 2. The van der Waals surface area contributed by atoms with E-state index in [0.717, 1.165) is 0 Å². The fourth-order valence-electron chi connectivity index (χ4n) is 2.28. The minimum Gasteiger partial charge on any atom is -0.267 e. The summed E-state index contributed by atoms with van der Waals surface area (Å²) in [7, 11) is 0. The molecule has 23 heavy (non-hydrogen) atoms. The number of non-ortho nitro benzene ring substituents is 1. The number of nitro groups is 1. The van der Waals surface area contributed by atoms with Crippen LogP contribution in [-0.4, -0.2) is 14.7 Å². The number of halogens is 2. The van der Waals surface area contributed by atoms with Gasteiger partial charge in [-0.05, 0) is 39.7 Å². The van der Waals surface area contributed by atoms with E-state index in [4.69, 9.17) is 0 Å². The second-order valence-electron chi connectivity index (χ2n) is 4.85. The summed E-state index contributed by atoms with van der Waals surface area (Å²) in [6.07, 6.45) is 1.30. The van der Waals surface area contributed by atoms with Gasteiger partial charge in [0.1, 0.15) is 5.82 Å². The van der Waals surface area contributed by atoms with E-state index in [0.29, 0.717) is 10.0 Å². The third kappa shape index (κ3) is 2.85. The molecule has 0 unspecified atom stereocenters. The molecule has 0 aliphatic heterocycles. The zero-order valence-corrected chi connectivity index (χ0v) is 13.2. The van der Waals surface area contributed by atoms with Crippen LogP contribution in [0.4, 0.5) is 10.1 Å². The van der Waals surface area contributed by atoms with Gasteiger partial charge in [0.15, 0.2) is 0 Å². The van der Waals surface area contributed by atoms with Crippen LogP contribution in [0.1, 0.15) is 5.56 Å². The molecule has 3 aromatic rings. The van der Waals surface area contributed by atoms with E-state index in [1.165, 1.54) is 35.1 Å². The average molecular weight is 378 g/mol. The Hall–Kier alpha value is -2.61. The van der Waals surface area contributed by atoms with E-state index in [1.807, 2.05) is 0 Å². The molecule has 8 heteroatoms. The van der Waals surface area contributed by atoms with Crippen molar-refractivity contribution in [1.82, 2.24) is 9.78 Å². The summed E-state index contributed by atoms with van der Waals surface area (Å²) in [5.41, 5.74) is 0.0769. The molecule has 2 aromatic carbocycles. The number of aromatic nitrogens is 2. The SMILES string of the molecule is O=c1c2cccc([N+](=O)[O-])c2cnn1Cc1ccc(F)c(Br)c1. The van der Waals surface area contributed by atoms with Crippen molar-refractivity contribution in [2.45, 2.75) is 6.54 Å². The van der Waals surface area contributed by atoms with Crippen molar-refractivity contribution in [2.24, 2.45) is 0 Å². The van der Waals surface area contributed by atoms with E-state index in [9.17, 15) is 19.3 Å². The van der Waals surface area contributed by atoms with Crippen LogP contribution in [0, 0.1) is 15.9 Å². The number of hydrogen-bond donors (Lipinski definition) is 0. The van der Waals surface area contributed by atoms with Gasteiger partial charge in [-0.15, -0.1) is 0 Å². The highest BCUT2D eigenvalue weighted by atomic mass is 79.9. The average Bonchev–Trinajstić information content (AvgIpc) is 2.53. The summed E-state index contributed by atoms with van der Waals surface area (Å²) in [4.78, 5) is 22.9. The lowest BCUT2D eigenvalue weighted by Gasteiger charge is -2.07. The molecule has 0 saturated carbocycles. The van der Waals surface area contributed by atoms with Gasteiger partial charge in [0.05, 0.1) is 32.9 Å². The monoisotopic (exact) mass is 377 g/mol. The third-order valence-electron chi connectivity index (χ3n) is 3.39. The summed E-state index contributed by atoms with van der Waals surface area (Å²) in [6, 6.07) is 8.69. The fourth-order valence-corrected chi connectivity index (χ4v) is 2.70. The smallest absolute Gasteiger partial charge is 0.267 e. The molecule has 0 aliphatic rings. The standard InChI is InChI=1S/C15H9BrFN3O3/c16-12-6-9(4-5-13(12)17)8-19-15(21)10-2-1-3-14(20(22)23)11(10)7-18-19/h1-7H,8H2. The Kier molecular flexibility index (Phi) is 3.91. The predicted octanol–water partition coefficient (Wildman–Crippen LogP) is 3.25. The molecule has 1 heterocycles. The van der Waals surface area contributed by atoms with Crippen molar-refractivity contribution in [3.05, 3.63) is 78.9 Å². The van der Waals surface area contributed by atoms with Crippen molar-refractivity contribution in [3.63, 3.8) is 0 Å². The van der Waals surface area contributed by atoms with Gasteiger partial charge in [-0.2, -0.15) is 5.10 Å². The van der Waals surface area contributed by atoms with Crippen LogP contribution in [0.3, 0.4) is 0 Å². The molecule has 116 valence electrons. The van der Waals surface area contributed by atoms with E-state index in [-0.39, 0.29) is 23.0 Å². The molecule has 0 radical (unpaired) electrons. The third-order valence-corrected chi connectivity index (χ3v) is 3.99. The molecule has 0 fully saturated rings. The fraction of sp³-hybridized carbons (Fsp3) is 0.0667. The Morgan fingerprint density at radius 3 is 2.74 bits per heavy atom. The lowest BCUT2D eigenvalue weighted by molar-refractivity contribution is -0.383. The van der Waals surface area contributed by atoms with Crippen LogP contribution in [0.25, 0.3) is 10.8 Å². The van der Waals surface area contributed by atoms with Crippen molar-refractivity contribution in [1.29, 1.82) is 0 Å². The summed E-state index contributed by atoms with van der Waals surface area (Å²) >= 11 is 3.09. The highest BCUT2D eigenvalue weighted by molar-refractivity contribution is 9.10. The lowest BCUT2D eigenvalue weighted by atomic mass is 10.1. The Labute approximate surface area is 137 Å². The van der Waals surface area contributed by atoms with Gasteiger partial charge in [-0.3, -0.25) is 14.9 Å². The largest absolute Gasteiger partial charge is 0.279 e. The molecule has 0 amide bonds. The van der Waals surface area contributed by atoms with Gasteiger partial charge in [0.2, 0.25) is 0 Å². The van der Waals surface area contributed by atoms with E-state index in [1.54, 1.807) is 12.1 Å². The van der Waals surface area contributed by atoms with Gasteiger partial charge in [0, 0.05) is 6.07 Å². The number of fused-ring (bicyclic) bond motifs is 1. The van der Waals surface area contributed by atoms with Gasteiger partial charge in [-0.25, -0.2) is 9.07 Å². The molecule has 6 nitrogen and oxygen atoms in total. The summed E-state index contributed by atoms with van der Waals surface area (Å²) in [5.74, 6) is -0.400. The van der Waals surface area contributed by atoms with Gasteiger partial charge in [0.25, 0.3) is 11.2 Å². The van der Waals surface area contributed by atoms with Crippen molar-refractivity contribution in [2.75, 3.05) is 0 Å². The molecule has 0 N–H and O–H groups in total. The summed E-state index contributed by atoms with van der Waals surface area (Å²) in [6.45, 7) is 0.135. The quantitative estimate of drug-likeness (QED) is 0.518. The first kappa shape index (κ1) is 15.3. The zero-order valence-electron chi connectivity index (χ0n) is 11.6. The van der Waals surface area contributed by atoms with E-state index in [2.05, 4.69) is 21.0 Å². The van der Waals surface area contributed by atoms with Gasteiger partial charge in [-0.1, -0.05) is 12.1 Å². The summed E-state index contributed by atoms with van der Waals surface area (Å²) < 4.78 is 14.7.